The number of phosphoric ester groups is 1. The van der Waals surface area contributed by atoms with Crippen LogP contribution >= 0.6 is 7.82 Å². The van der Waals surface area contributed by atoms with E-state index in [1.807, 2.05) is 0 Å². The van der Waals surface area contributed by atoms with Crippen molar-refractivity contribution in [3.8, 4) is 0 Å². The predicted molar refractivity (Wildman–Crippen MR) is 96.5 cm³/mol. The zero-order valence-electron chi connectivity index (χ0n) is 16.0. The first-order valence-electron chi connectivity index (χ1n) is 10.0. The number of carbonyl (C=O) groups is 2. The highest BCUT2D eigenvalue weighted by Gasteiger charge is 2.82. The predicted octanol–water partition coefficient (Wildman–Crippen LogP) is 3.74. The summed E-state index contributed by atoms with van der Waals surface area (Å²) in [5, 5.41) is 19.5. The van der Waals surface area contributed by atoms with Crippen molar-refractivity contribution in [2.24, 2.45) is 0 Å². The molecule has 8 nitrogen and oxygen atoms in total. The van der Waals surface area contributed by atoms with Gasteiger partial charge in [0.25, 0.3) is 11.6 Å². The van der Waals surface area contributed by atoms with E-state index in [2.05, 4.69) is 20.5 Å². The smallest absolute Gasteiger partial charge is 0.354 e. The summed E-state index contributed by atoms with van der Waals surface area (Å²) in [5.41, 5.74) is 0. The van der Waals surface area contributed by atoms with Gasteiger partial charge in [0, 0.05) is 6.42 Å². The van der Waals surface area contributed by atoms with E-state index >= 15 is 0 Å². The topological polar surface area (TPSA) is 119 Å². The average Bonchev–Trinajstić information content (AvgIpc) is 2.58. The number of hydrogen-bond acceptors (Lipinski definition) is 8. The van der Waals surface area contributed by atoms with Gasteiger partial charge in [-0.25, -0.2) is 18.1 Å². The highest BCUT2D eigenvalue weighted by molar-refractivity contribution is 7.52. The molecule has 0 aromatic heterocycles. The minimum Gasteiger partial charge on any atom is -0.354 e. The zero-order valence-corrected chi connectivity index (χ0v) is 16.9. The molecule has 2 bridgehead atoms. The van der Waals surface area contributed by atoms with Crippen LogP contribution in [0.2, 0.25) is 0 Å². The largest absolute Gasteiger partial charge is 0.489 e. The number of ketones is 2. The van der Waals surface area contributed by atoms with Crippen molar-refractivity contribution in [2.75, 3.05) is 0 Å². The normalized spacial score (nSPS) is 26.3. The van der Waals surface area contributed by atoms with Crippen molar-refractivity contribution in [2.45, 2.75) is 102 Å². The van der Waals surface area contributed by atoms with Gasteiger partial charge in [-0.1, -0.05) is 77.6 Å². The Morgan fingerprint density at radius 2 is 1.22 bits per heavy atom. The van der Waals surface area contributed by atoms with Gasteiger partial charge in [-0.2, -0.15) is 0 Å². The minimum atomic E-state index is -3.65. The number of rotatable bonds is 16. The maximum Gasteiger partial charge on any atom is 0.489 e. The molecule has 0 aromatic rings. The number of Topliss-reactive ketones (excluding diaryl/α,β-unsaturated/α-hetero) is 2. The third-order valence-corrected chi connectivity index (χ3v) is 6.33. The van der Waals surface area contributed by atoms with E-state index in [0.717, 1.165) is 19.3 Å². The van der Waals surface area contributed by atoms with Gasteiger partial charge < -0.3 is 10.2 Å². The SMILES string of the molecule is CCCCCCCCCCCCCCC(=O)C(O)(O)C(=O)C12OP(=O)(O1)O2. The Labute approximate surface area is 160 Å². The molecule has 27 heavy (non-hydrogen) atoms. The third kappa shape index (κ3) is 5.68. The molecule has 3 aliphatic rings. The van der Waals surface area contributed by atoms with Gasteiger partial charge in [0.15, 0.2) is 5.78 Å². The maximum absolute atomic E-state index is 11.9. The van der Waals surface area contributed by atoms with Crippen molar-refractivity contribution in [3.63, 3.8) is 0 Å². The maximum atomic E-state index is 11.9. The van der Waals surface area contributed by atoms with Crippen molar-refractivity contribution >= 4 is 19.4 Å². The third-order valence-electron chi connectivity index (χ3n) is 4.94. The summed E-state index contributed by atoms with van der Waals surface area (Å²) in [6.45, 7) is 2.21. The molecule has 0 radical (unpaired) electrons. The number of unbranched alkanes of at least 4 members (excludes halogenated alkanes) is 11. The molecule has 0 spiro atoms. The van der Waals surface area contributed by atoms with Crippen LogP contribution in [0, 0.1) is 0 Å². The molecule has 2 N–H and O–H groups in total. The molecule has 0 aliphatic carbocycles. The summed E-state index contributed by atoms with van der Waals surface area (Å²) >= 11 is 0. The molecule has 0 aromatic carbocycles. The average molecular weight is 406 g/mol. The van der Waals surface area contributed by atoms with Crippen LogP contribution in [0.25, 0.3) is 0 Å². The summed E-state index contributed by atoms with van der Waals surface area (Å²) in [4.78, 5) is 23.8. The van der Waals surface area contributed by atoms with Crippen LogP contribution < -0.4 is 0 Å². The molecule has 3 rings (SSSR count). The second-order valence-electron chi connectivity index (χ2n) is 7.34. The summed E-state index contributed by atoms with van der Waals surface area (Å²) < 4.78 is 24.6. The van der Waals surface area contributed by atoms with E-state index in [1.165, 1.54) is 51.4 Å². The molecule has 156 valence electrons. The lowest BCUT2D eigenvalue weighted by Gasteiger charge is -2.54. The van der Waals surface area contributed by atoms with Gasteiger partial charge in [0.1, 0.15) is 0 Å². The molecule has 3 aliphatic heterocycles. The summed E-state index contributed by atoms with van der Waals surface area (Å²) in [6.07, 6.45) is 13.3. The monoisotopic (exact) mass is 406 g/mol. The van der Waals surface area contributed by atoms with E-state index in [4.69, 9.17) is 0 Å². The first-order chi connectivity index (χ1) is 12.8. The van der Waals surface area contributed by atoms with Crippen LogP contribution in [0.4, 0.5) is 0 Å². The quantitative estimate of drug-likeness (QED) is 0.172. The van der Waals surface area contributed by atoms with Crippen molar-refractivity contribution in [1.29, 1.82) is 0 Å². The second kappa shape index (κ2) is 9.72. The Bertz CT molecular complexity index is 547. The van der Waals surface area contributed by atoms with Gasteiger partial charge in [0.05, 0.1) is 0 Å². The molecule has 9 heteroatoms. The van der Waals surface area contributed by atoms with Crippen molar-refractivity contribution < 1.29 is 37.9 Å². The summed E-state index contributed by atoms with van der Waals surface area (Å²) in [7, 11) is -3.65. The Hall–Kier alpha value is -0.630. The number of phosphoric acid groups is 1. The van der Waals surface area contributed by atoms with E-state index < -0.39 is 31.1 Å². The fraction of sp³-hybridized carbons (Fsp3) is 0.889. The van der Waals surface area contributed by atoms with Gasteiger partial charge in [-0.15, -0.1) is 0 Å². The van der Waals surface area contributed by atoms with Gasteiger partial charge in [0.2, 0.25) is 0 Å². The summed E-state index contributed by atoms with van der Waals surface area (Å²) in [6, 6.07) is 0. The number of hydrogen-bond donors (Lipinski definition) is 2. The van der Waals surface area contributed by atoms with Crippen LogP contribution in [0.3, 0.4) is 0 Å². The van der Waals surface area contributed by atoms with E-state index in [0.29, 0.717) is 6.42 Å². The van der Waals surface area contributed by atoms with Crippen LogP contribution in [0.15, 0.2) is 0 Å². The van der Waals surface area contributed by atoms with Gasteiger partial charge in [-0.3, -0.25) is 9.59 Å². The molecule has 3 saturated heterocycles. The highest BCUT2D eigenvalue weighted by atomic mass is 31.2. The summed E-state index contributed by atoms with van der Waals surface area (Å²) in [5.74, 6) is -8.18. The van der Waals surface area contributed by atoms with Crippen LogP contribution in [0.1, 0.15) is 90.4 Å². The molecule has 0 atom stereocenters. The Kier molecular flexibility index (Phi) is 8.16. The lowest BCUT2D eigenvalue weighted by atomic mass is 9.99. The van der Waals surface area contributed by atoms with Crippen LogP contribution in [-0.2, 0) is 27.7 Å². The highest BCUT2D eigenvalue weighted by Crippen LogP contribution is 2.80. The number of carbonyl (C=O) groups excluding carboxylic acids is 2. The van der Waals surface area contributed by atoms with Crippen molar-refractivity contribution in [1.82, 2.24) is 0 Å². The molecule has 0 unspecified atom stereocenters. The van der Waals surface area contributed by atoms with Gasteiger partial charge >= 0.3 is 13.8 Å². The fourth-order valence-corrected chi connectivity index (χ4v) is 4.40. The first-order valence-corrected chi connectivity index (χ1v) is 11.5. The molecular formula is C18H31O8P. The van der Waals surface area contributed by atoms with E-state index in [-0.39, 0.29) is 6.42 Å². The Morgan fingerprint density at radius 3 is 1.63 bits per heavy atom. The molecule has 3 heterocycles. The molecule has 0 saturated carbocycles. The van der Waals surface area contributed by atoms with E-state index in [1.54, 1.807) is 0 Å². The minimum absolute atomic E-state index is 0.149. The Balaban J connectivity index is 1.48. The first kappa shape index (κ1) is 22.7. The van der Waals surface area contributed by atoms with Crippen LogP contribution in [-0.4, -0.2) is 33.5 Å². The van der Waals surface area contributed by atoms with E-state index in [9.17, 15) is 24.4 Å². The Morgan fingerprint density at radius 1 is 0.815 bits per heavy atom. The molecule has 0 amide bonds. The number of aliphatic hydroxyl groups is 2. The zero-order chi connectivity index (χ0) is 20.0. The standard InChI is InChI=1S/C18H31O8P/c1-2-3-4-5-6-7-8-9-10-11-12-13-14-15(19)17(21,22)16(20)18-24-27(23,25-18)26-18/h21-22H,2-14H2,1H3. The molecular weight excluding hydrogens is 375 g/mol. The fourth-order valence-electron chi connectivity index (χ4n) is 3.23. The molecule has 3 fully saturated rings. The van der Waals surface area contributed by atoms with Gasteiger partial charge in [-0.05, 0) is 6.42 Å². The van der Waals surface area contributed by atoms with Crippen LogP contribution in [0.5, 0.6) is 0 Å². The second-order valence-corrected chi connectivity index (χ2v) is 8.78. The lowest BCUT2D eigenvalue weighted by Crippen LogP contribution is -2.69. The lowest BCUT2D eigenvalue weighted by molar-refractivity contribution is -0.405. The van der Waals surface area contributed by atoms with Crippen molar-refractivity contribution in [3.05, 3.63) is 0 Å².